The Labute approximate surface area is 150 Å². The molecule has 2 aromatic heterocycles. The van der Waals surface area contributed by atoms with E-state index in [-0.39, 0.29) is 5.91 Å². The minimum atomic E-state index is -0.000403. The SMILES string of the molecule is Cc1nn(-c2ccccc2)c(C)c1CC(=O)NCCSc1cn[nH]n1. The van der Waals surface area contributed by atoms with Crippen molar-refractivity contribution in [2.45, 2.75) is 25.3 Å². The van der Waals surface area contributed by atoms with E-state index >= 15 is 0 Å². The van der Waals surface area contributed by atoms with Crippen LogP contribution in [0.15, 0.2) is 41.6 Å². The second-order valence-corrected chi connectivity index (χ2v) is 6.70. The highest BCUT2D eigenvalue weighted by Gasteiger charge is 2.15. The standard InChI is InChI=1S/C17H20N6OS/c1-12-15(13(2)23(21-12)14-6-4-3-5-7-14)10-16(24)18-8-9-25-17-11-19-22-20-17/h3-7,11H,8-10H2,1-2H3,(H,18,24)(H,19,20,22). The van der Waals surface area contributed by atoms with Crippen LogP contribution < -0.4 is 5.32 Å². The van der Waals surface area contributed by atoms with Gasteiger partial charge in [-0.3, -0.25) is 4.79 Å². The number of aromatic nitrogens is 5. The summed E-state index contributed by atoms with van der Waals surface area (Å²) in [4.78, 5) is 12.2. The van der Waals surface area contributed by atoms with Gasteiger partial charge in [-0.1, -0.05) is 18.2 Å². The monoisotopic (exact) mass is 356 g/mol. The van der Waals surface area contributed by atoms with Crippen molar-refractivity contribution in [1.82, 2.24) is 30.5 Å². The number of hydrogen-bond donors (Lipinski definition) is 2. The van der Waals surface area contributed by atoms with Crippen LogP contribution in [0.5, 0.6) is 0 Å². The molecule has 0 radical (unpaired) electrons. The van der Waals surface area contributed by atoms with Crippen LogP contribution in [0.25, 0.3) is 5.69 Å². The van der Waals surface area contributed by atoms with E-state index in [1.54, 1.807) is 18.0 Å². The smallest absolute Gasteiger partial charge is 0.224 e. The van der Waals surface area contributed by atoms with E-state index in [1.165, 1.54) is 0 Å². The summed E-state index contributed by atoms with van der Waals surface area (Å²) >= 11 is 1.55. The first kappa shape index (κ1) is 17.2. The molecule has 0 atom stereocenters. The number of benzene rings is 1. The predicted molar refractivity (Wildman–Crippen MR) is 96.9 cm³/mol. The molecule has 0 aliphatic heterocycles. The minimum absolute atomic E-state index is 0.000403. The predicted octanol–water partition coefficient (Wildman–Crippen LogP) is 2.06. The lowest BCUT2D eigenvalue weighted by molar-refractivity contribution is -0.120. The van der Waals surface area contributed by atoms with Crippen molar-refractivity contribution in [2.75, 3.05) is 12.3 Å². The van der Waals surface area contributed by atoms with Crippen LogP contribution >= 0.6 is 11.8 Å². The molecule has 7 nitrogen and oxygen atoms in total. The highest BCUT2D eigenvalue weighted by atomic mass is 32.2. The normalized spacial score (nSPS) is 10.8. The zero-order chi connectivity index (χ0) is 17.6. The van der Waals surface area contributed by atoms with Crippen molar-refractivity contribution in [3.8, 4) is 5.69 Å². The second kappa shape index (κ2) is 7.98. The molecule has 0 unspecified atom stereocenters. The number of nitrogens with one attached hydrogen (secondary N) is 2. The first-order valence-corrected chi connectivity index (χ1v) is 8.99. The fourth-order valence-corrected chi connectivity index (χ4v) is 3.23. The number of carbonyl (C=O) groups excluding carboxylic acids is 1. The number of para-hydroxylation sites is 1. The molecule has 0 aliphatic carbocycles. The molecule has 130 valence electrons. The molecule has 0 spiro atoms. The van der Waals surface area contributed by atoms with Crippen LogP contribution in [0.4, 0.5) is 0 Å². The molecule has 1 amide bonds. The summed E-state index contributed by atoms with van der Waals surface area (Å²) in [5, 5.41) is 18.6. The lowest BCUT2D eigenvalue weighted by Gasteiger charge is -2.06. The molecule has 3 rings (SSSR count). The third-order valence-electron chi connectivity index (χ3n) is 3.85. The summed E-state index contributed by atoms with van der Waals surface area (Å²) in [6.45, 7) is 4.52. The molecule has 3 aromatic rings. The van der Waals surface area contributed by atoms with Crippen molar-refractivity contribution in [3.63, 3.8) is 0 Å². The Balaban J connectivity index is 1.57. The maximum Gasteiger partial charge on any atom is 0.224 e. The Hall–Kier alpha value is -2.61. The van der Waals surface area contributed by atoms with Gasteiger partial charge < -0.3 is 5.32 Å². The van der Waals surface area contributed by atoms with E-state index in [2.05, 4.69) is 25.8 Å². The molecular formula is C17H20N6OS. The molecule has 2 N–H and O–H groups in total. The quantitative estimate of drug-likeness (QED) is 0.500. The third kappa shape index (κ3) is 4.27. The van der Waals surface area contributed by atoms with Gasteiger partial charge in [-0.05, 0) is 26.0 Å². The van der Waals surface area contributed by atoms with Gasteiger partial charge in [-0.15, -0.1) is 16.9 Å². The average molecular weight is 356 g/mol. The van der Waals surface area contributed by atoms with E-state index < -0.39 is 0 Å². The highest BCUT2D eigenvalue weighted by Crippen LogP contribution is 2.18. The van der Waals surface area contributed by atoms with Gasteiger partial charge in [0.2, 0.25) is 5.91 Å². The van der Waals surface area contributed by atoms with Crippen molar-refractivity contribution < 1.29 is 4.79 Å². The molecule has 0 fully saturated rings. The molecule has 0 saturated heterocycles. The summed E-state index contributed by atoms with van der Waals surface area (Å²) in [6, 6.07) is 9.94. The van der Waals surface area contributed by atoms with Crippen molar-refractivity contribution >= 4 is 17.7 Å². The Bertz CT molecular complexity index is 828. The minimum Gasteiger partial charge on any atom is -0.355 e. The van der Waals surface area contributed by atoms with E-state index in [9.17, 15) is 4.79 Å². The molecule has 8 heteroatoms. The van der Waals surface area contributed by atoms with Gasteiger partial charge in [0.25, 0.3) is 0 Å². The van der Waals surface area contributed by atoms with Crippen molar-refractivity contribution in [1.29, 1.82) is 0 Å². The van der Waals surface area contributed by atoms with Crippen molar-refractivity contribution in [3.05, 3.63) is 53.5 Å². The van der Waals surface area contributed by atoms with E-state index in [0.29, 0.717) is 13.0 Å². The summed E-state index contributed by atoms with van der Waals surface area (Å²) in [7, 11) is 0. The summed E-state index contributed by atoms with van der Waals surface area (Å²) in [6.07, 6.45) is 2.00. The van der Waals surface area contributed by atoms with Gasteiger partial charge in [-0.25, -0.2) is 4.68 Å². The summed E-state index contributed by atoms with van der Waals surface area (Å²) in [5.41, 5.74) is 3.86. The van der Waals surface area contributed by atoms with E-state index in [4.69, 9.17) is 0 Å². The lowest BCUT2D eigenvalue weighted by Crippen LogP contribution is -2.27. The van der Waals surface area contributed by atoms with Gasteiger partial charge in [-0.2, -0.15) is 15.4 Å². The molecule has 25 heavy (non-hydrogen) atoms. The number of rotatable bonds is 7. The fraction of sp³-hybridized carbons (Fsp3) is 0.294. The number of H-pyrrole nitrogens is 1. The Kier molecular flexibility index (Phi) is 5.49. The Morgan fingerprint density at radius 1 is 1.28 bits per heavy atom. The number of hydrogen-bond acceptors (Lipinski definition) is 5. The molecular weight excluding hydrogens is 336 g/mol. The molecule has 0 saturated carbocycles. The number of aromatic amines is 1. The van der Waals surface area contributed by atoms with Crippen LogP contribution in [0.1, 0.15) is 17.0 Å². The largest absolute Gasteiger partial charge is 0.355 e. The number of aryl methyl sites for hydroxylation is 1. The molecule has 0 aliphatic rings. The van der Waals surface area contributed by atoms with Crippen LogP contribution in [0.3, 0.4) is 0 Å². The molecule has 1 aromatic carbocycles. The maximum absolute atomic E-state index is 12.2. The average Bonchev–Trinajstić information content (AvgIpc) is 3.23. The summed E-state index contributed by atoms with van der Waals surface area (Å²) < 4.78 is 1.89. The second-order valence-electron chi connectivity index (χ2n) is 5.58. The Morgan fingerprint density at radius 2 is 2.08 bits per heavy atom. The van der Waals surface area contributed by atoms with Gasteiger partial charge >= 0.3 is 0 Å². The molecule has 0 bridgehead atoms. The summed E-state index contributed by atoms with van der Waals surface area (Å²) in [5.74, 6) is 0.749. The van der Waals surface area contributed by atoms with Gasteiger partial charge in [0.05, 0.1) is 24.0 Å². The zero-order valence-electron chi connectivity index (χ0n) is 14.2. The van der Waals surface area contributed by atoms with Crippen LogP contribution in [0, 0.1) is 13.8 Å². The number of amides is 1. The van der Waals surface area contributed by atoms with Crippen LogP contribution in [0.2, 0.25) is 0 Å². The fourth-order valence-electron chi connectivity index (χ4n) is 2.58. The highest BCUT2D eigenvalue weighted by molar-refractivity contribution is 7.99. The number of carbonyl (C=O) groups is 1. The first-order valence-electron chi connectivity index (χ1n) is 8.01. The lowest BCUT2D eigenvalue weighted by atomic mass is 10.1. The number of thioether (sulfide) groups is 1. The molecule has 2 heterocycles. The number of nitrogens with zero attached hydrogens (tertiary/aromatic N) is 4. The van der Waals surface area contributed by atoms with E-state index in [1.807, 2.05) is 48.9 Å². The zero-order valence-corrected chi connectivity index (χ0v) is 15.0. The Morgan fingerprint density at radius 3 is 2.80 bits per heavy atom. The maximum atomic E-state index is 12.2. The van der Waals surface area contributed by atoms with Gasteiger partial charge in [0, 0.05) is 23.6 Å². The van der Waals surface area contributed by atoms with Gasteiger partial charge in [0.15, 0.2) is 0 Å². The third-order valence-corrected chi connectivity index (χ3v) is 4.75. The van der Waals surface area contributed by atoms with Crippen LogP contribution in [-0.2, 0) is 11.2 Å². The topological polar surface area (TPSA) is 88.5 Å². The van der Waals surface area contributed by atoms with Crippen LogP contribution in [-0.4, -0.2) is 43.4 Å². The van der Waals surface area contributed by atoms with Gasteiger partial charge in [0.1, 0.15) is 5.03 Å². The van der Waals surface area contributed by atoms with E-state index in [0.717, 1.165) is 33.4 Å². The first-order chi connectivity index (χ1) is 12.1. The van der Waals surface area contributed by atoms with Crippen molar-refractivity contribution in [2.24, 2.45) is 0 Å².